The van der Waals surface area contributed by atoms with Gasteiger partial charge in [0, 0.05) is 18.2 Å². The first-order valence-electron chi connectivity index (χ1n) is 8.75. The zero-order valence-corrected chi connectivity index (χ0v) is 18.1. The van der Waals surface area contributed by atoms with Gasteiger partial charge in [0.25, 0.3) is 5.69 Å². The van der Waals surface area contributed by atoms with E-state index in [4.69, 9.17) is 0 Å². The molecule has 1 aliphatic heterocycles. The number of non-ortho nitro benzene ring substituents is 1. The Kier molecular flexibility index (Phi) is 7.32. The lowest BCUT2D eigenvalue weighted by Gasteiger charge is -2.31. The van der Waals surface area contributed by atoms with Gasteiger partial charge in [0.05, 0.1) is 22.2 Å². The molecule has 1 saturated heterocycles. The maximum absolute atomic E-state index is 11.9. The van der Waals surface area contributed by atoms with E-state index in [0.29, 0.717) is 5.56 Å². The first-order valence-corrected chi connectivity index (χ1v) is 10.6. The molecule has 1 aromatic heterocycles. The third-order valence-electron chi connectivity index (χ3n) is 4.87. The molecular formula is C16H22BrN5O6S. The predicted octanol–water partition coefficient (Wildman–Crippen LogP) is 0.162. The molecule has 1 atom stereocenters. The summed E-state index contributed by atoms with van der Waals surface area (Å²) in [5.74, 6) is 0.0276. The number of rotatable bonds is 6. The third kappa shape index (κ3) is 5.72. The molecule has 11 nitrogen and oxygen atoms in total. The fourth-order valence-corrected chi connectivity index (χ4v) is 4.44. The second-order valence-electron chi connectivity index (χ2n) is 6.98. The van der Waals surface area contributed by atoms with Crippen molar-refractivity contribution in [3.05, 3.63) is 48.5 Å². The maximum Gasteiger partial charge on any atom is 0.314 e. The topological polar surface area (TPSA) is 167 Å². The number of sulfonamides is 1. The van der Waals surface area contributed by atoms with Gasteiger partial charge in [0.1, 0.15) is 0 Å². The summed E-state index contributed by atoms with van der Waals surface area (Å²) in [7, 11) is -3.52. The van der Waals surface area contributed by atoms with Crippen molar-refractivity contribution < 1.29 is 13.3 Å². The average Bonchev–Trinajstić information content (AvgIpc) is 2.62. The van der Waals surface area contributed by atoms with E-state index in [1.54, 1.807) is 0 Å². The summed E-state index contributed by atoms with van der Waals surface area (Å²) < 4.78 is 26.4. The standard InChI is InChI=1S/C16H21N5O6S.BrH/c1-28(26,27)20-12(9-2-4-17-5-3-9)7-10-6-11(21(24)25)8-13-14(10)19-16(23)15(22)18-13;/h6,8-9,12,17,20H,2-5,7H2,1H3,(H,18,22)(H,19,23);1H. The predicted molar refractivity (Wildman–Crippen MR) is 113 cm³/mol. The Morgan fingerprint density at radius 1 is 1.21 bits per heavy atom. The molecule has 160 valence electrons. The number of nitro benzene ring substituents is 1. The first-order chi connectivity index (χ1) is 13.1. The van der Waals surface area contributed by atoms with Crippen LogP contribution in [-0.2, 0) is 16.4 Å². The van der Waals surface area contributed by atoms with Crippen LogP contribution in [0.2, 0.25) is 0 Å². The Balaban J connectivity index is 0.00000300. The fraction of sp³-hybridized carbons (Fsp3) is 0.500. The molecular weight excluding hydrogens is 470 g/mol. The van der Waals surface area contributed by atoms with Gasteiger partial charge in [-0.05, 0) is 43.8 Å². The van der Waals surface area contributed by atoms with Gasteiger partial charge in [0.2, 0.25) is 10.0 Å². The van der Waals surface area contributed by atoms with E-state index < -0.39 is 32.1 Å². The maximum atomic E-state index is 11.9. The van der Waals surface area contributed by atoms with Gasteiger partial charge >= 0.3 is 11.1 Å². The van der Waals surface area contributed by atoms with Crippen molar-refractivity contribution >= 4 is 43.7 Å². The van der Waals surface area contributed by atoms with Crippen LogP contribution in [0.15, 0.2) is 21.7 Å². The number of halogens is 1. The molecule has 1 aliphatic rings. The second kappa shape index (κ2) is 9.15. The van der Waals surface area contributed by atoms with Gasteiger partial charge in [-0.2, -0.15) is 0 Å². The molecule has 1 fully saturated rings. The Bertz CT molecular complexity index is 1120. The van der Waals surface area contributed by atoms with E-state index in [1.165, 1.54) is 12.1 Å². The summed E-state index contributed by atoms with van der Waals surface area (Å²) >= 11 is 0. The van der Waals surface area contributed by atoms with E-state index in [9.17, 15) is 28.1 Å². The number of nitrogens with one attached hydrogen (secondary N) is 4. The number of benzene rings is 1. The van der Waals surface area contributed by atoms with Crippen LogP contribution in [0.25, 0.3) is 11.0 Å². The summed E-state index contributed by atoms with van der Waals surface area (Å²) in [5.41, 5.74) is -1.28. The van der Waals surface area contributed by atoms with E-state index in [1.807, 2.05) is 0 Å². The fourth-order valence-electron chi connectivity index (χ4n) is 3.61. The molecule has 3 rings (SSSR count). The number of H-pyrrole nitrogens is 2. The molecule has 0 bridgehead atoms. The molecule has 0 amide bonds. The number of nitro groups is 1. The minimum absolute atomic E-state index is 0. The molecule has 2 heterocycles. The lowest BCUT2D eigenvalue weighted by atomic mass is 9.87. The van der Waals surface area contributed by atoms with Crippen LogP contribution in [0.4, 0.5) is 5.69 Å². The zero-order chi connectivity index (χ0) is 20.5. The van der Waals surface area contributed by atoms with Crippen molar-refractivity contribution in [2.45, 2.75) is 25.3 Å². The first kappa shape index (κ1) is 23.2. The Hall–Kier alpha value is -2.09. The molecule has 1 unspecified atom stereocenters. The minimum Gasteiger partial charge on any atom is -0.317 e. The van der Waals surface area contributed by atoms with Gasteiger partial charge in [-0.3, -0.25) is 19.7 Å². The number of hydrogen-bond acceptors (Lipinski definition) is 7. The number of hydrogen-bond donors (Lipinski definition) is 4. The Morgan fingerprint density at radius 3 is 2.41 bits per heavy atom. The van der Waals surface area contributed by atoms with Crippen molar-refractivity contribution in [3.63, 3.8) is 0 Å². The van der Waals surface area contributed by atoms with E-state index in [2.05, 4.69) is 20.0 Å². The van der Waals surface area contributed by atoms with E-state index >= 15 is 0 Å². The lowest BCUT2D eigenvalue weighted by molar-refractivity contribution is -0.384. The van der Waals surface area contributed by atoms with Gasteiger partial charge in [0.15, 0.2) is 0 Å². The monoisotopic (exact) mass is 491 g/mol. The molecule has 0 saturated carbocycles. The molecule has 1 aromatic carbocycles. The van der Waals surface area contributed by atoms with Gasteiger partial charge in [-0.25, -0.2) is 13.1 Å². The normalized spacial score (nSPS) is 16.3. The highest BCUT2D eigenvalue weighted by molar-refractivity contribution is 8.93. The van der Waals surface area contributed by atoms with Crippen LogP contribution >= 0.6 is 17.0 Å². The number of piperidine rings is 1. The smallest absolute Gasteiger partial charge is 0.314 e. The van der Waals surface area contributed by atoms with Crippen LogP contribution < -0.4 is 21.2 Å². The zero-order valence-electron chi connectivity index (χ0n) is 15.6. The summed E-state index contributed by atoms with van der Waals surface area (Å²) in [6, 6.07) is 1.96. The van der Waals surface area contributed by atoms with E-state index in [0.717, 1.165) is 32.2 Å². The SMILES string of the molecule is Br.CS(=O)(=O)NC(Cc1cc([N+](=O)[O-])cc2[nH]c(=O)c(=O)[nH]c12)C1CCNCC1. The minimum atomic E-state index is -3.52. The Labute approximate surface area is 176 Å². The second-order valence-corrected chi connectivity index (χ2v) is 8.76. The number of fused-ring (bicyclic) bond motifs is 1. The third-order valence-corrected chi connectivity index (χ3v) is 5.60. The largest absolute Gasteiger partial charge is 0.317 e. The van der Waals surface area contributed by atoms with Gasteiger partial charge in [-0.1, -0.05) is 0 Å². The molecule has 0 aliphatic carbocycles. The van der Waals surface area contributed by atoms with Crippen LogP contribution in [0.3, 0.4) is 0 Å². The quantitative estimate of drug-likeness (QED) is 0.253. The van der Waals surface area contributed by atoms with Crippen LogP contribution in [0.5, 0.6) is 0 Å². The van der Waals surface area contributed by atoms with E-state index in [-0.39, 0.29) is 46.0 Å². The molecule has 2 aromatic rings. The lowest BCUT2D eigenvalue weighted by Crippen LogP contribution is -2.45. The van der Waals surface area contributed by atoms with Gasteiger partial charge in [-0.15, -0.1) is 17.0 Å². The summed E-state index contributed by atoms with van der Waals surface area (Å²) in [6.07, 6.45) is 2.69. The molecule has 13 heteroatoms. The van der Waals surface area contributed by atoms with Crippen LogP contribution in [-0.4, -0.2) is 48.7 Å². The number of aromatic amines is 2. The average molecular weight is 492 g/mol. The van der Waals surface area contributed by atoms with Gasteiger partial charge < -0.3 is 15.3 Å². The highest BCUT2D eigenvalue weighted by atomic mass is 79.9. The number of aromatic nitrogens is 2. The van der Waals surface area contributed by atoms with Crippen molar-refractivity contribution in [2.24, 2.45) is 5.92 Å². The Morgan fingerprint density at radius 2 is 1.83 bits per heavy atom. The molecule has 0 spiro atoms. The van der Waals surface area contributed by atoms with Crippen LogP contribution in [0, 0.1) is 16.0 Å². The van der Waals surface area contributed by atoms with Crippen molar-refractivity contribution in [3.8, 4) is 0 Å². The van der Waals surface area contributed by atoms with Crippen LogP contribution in [0.1, 0.15) is 18.4 Å². The molecule has 0 radical (unpaired) electrons. The summed E-state index contributed by atoms with van der Waals surface area (Å²) in [5, 5.41) is 14.5. The molecule has 4 N–H and O–H groups in total. The molecule has 29 heavy (non-hydrogen) atoms. The summed E-state index contributed by atoms with van der Waals surface area (Å²) in [4.78, 5) is 38.9. The highest BCUT2D eigenvalue weighted by Crippen LogP contribution is 2.26. The van der Waals surface area contributed by atoms with Crippen molar-refractivity contribution in [1.29, 1.82) is 0 Å². The summed E-state index contributed by atoms with van der Waals surface area (Å²) in [6.45, 7) is 1.49. The van der Waals surface area contributed by atoms with Crippen molar-refractivity contribution in [1.82, 2.24) is 20.0 Å². The number of nitrogens with zero attached hydrogens (tertiary/aromatic N) is 1. The van der Waals surface area contributed by atoms with Crippen molar-refractivity contribution in [2.75, 3.05) is 19.3 Å². The highest BCUT2D eigenvalue weighted by Gasteiger charge is 2.28.